The summed E-state index contributed by atoms with van der Waals surface area (Å²) in [5.41, 5.74) is 0. The summed E-state index contributed by atoms with van der Waals surface area (Å²) in [5, 5.41) is 4.81. The Morgan fingerprint density at radius 3 is 2.42 bits per heavy atom. The fourth-order valence-corrected chi connectivity index (χ4v) is 1.48. The number of primary sulfonamides is 1. The lowest BCUT2D eigenvalue weighted by atomic mass is 10.4. The molecule has 1 saturated heterocycles. The van der Waals surface area contributed by atoms with E-state index in [1.807, 2.05) is 0 Å². The molecule has 0 spiro atoms. The summed E-state index contributed by atoms with van der Waals surface area (Å²) in [6.45, 7) is 1.27. The van der Waals surface area contributed by atoms with Gasteiger partial charge in [0.25, 0.3) is 0 Å². The van der Waals surface area contributed by atoms with E-state index < -0.39 is 16.3 Å². The van der Waals surface area contributed by atoms with Crippen LogP contribution in [0.15, 0.2) is 0 Å². The van der Waals surface area contributed by atoms with Crippen LogP contribution in [0.3, 0.4) is 0 Å². The first kappa shape index (κ1) is 9.91. The van der Waals surface area contributed by atoms with E-state index in [9.17, 15) is 8.42 Å². The average molecular weight is 195 g/mol. The Labute approximate surface area is 71.9 Å². The highest BCUT2D eigenvalue weighted by Gasteiger charge is 2.16. The van der Waals surface area contributed by atoms with Gasteiger partial charge in [-0.25, -0.2) is 13.6 Å². The van der Waals surface area contributed by atoms with Crippen LogP contribution in [0.5, 0.6) is 0 Å². The number of sulfonamides is 1. The molecule has 1 aliphatic heterocycles. The second kappa shape index (κ2) is 4.18. The number of rotatable bonds is 3. The lowest BCUT2D eigenvalue weighted by Crippen LogP contribution is -2.28. The zero-order valence-electron chi connectivity index (χ0n) is 6.73. The van der Waals surface area contributed by atoms with Gasteiger partial charge in [0.2, 0.25) is 10.0 Å². The van der Waals surface area contributed by atoms with Gasteiger partial charge in [0.05, 0.1) is 19.0 Å². The highest BCUT2D eigenvalue weighted by atomic mass is 32.2. The van der Waals surface area contributed by atoms with Crippen molar-refractivity contribution in [3.8, 4) is 0 Å². The van der Waals surface area contributed by atoms with Crippen LogP contribution < -0.4 is 5.14 Å². The maximum absolute atomic E-state index is 10.5. The molecule has 0 aromatic carbocycles. The molecule has 5 nitrogen and oxygen atoms in total. The lowest BCUT2D eigenvalue weighted by Gasteiger charge is -2.22. The van der Waals surface area contributed by atoms with Gasteiger partial charge in [0, 0.05) is 6.42 Å². The normalized spacial score (nSPS) is 21.1. The van der Waals surface area contributed by atoms with E-state index in [4.69, 9.17) is 14.6 Å². The van der Waals surface area contributed by atoms with Gasteiger partial charge in [-0.3, -0.25) is 0 Å². The van der Waals surface area contributed by atoms with E-state index in [0.29, 0.717) is 19.6 Å². The predicted octanol–water partition coefficient (Wildman–Crippen LogP) is -0.572. The maximum Gasteiger partial charge on any atom is 0.209 e. The molecule has 72 valence electrons. The quantitative estimate of drug-likeness (QED) is 0.654. The lowest BCUT2D eigenvalue weighted by molar-refractivity contribution is -0.178. The molecule has 0 atom stereocenters. The molecule has 0 bridgehead atoms. The van der Waals surface area contributed by atoms with Crippen LogP contribution in [-0.4, -0.2) is 33.7 Å². The van der Waals surface area contributed by atoms with Crippen molar-refractivity contribution in [2.45, 2.75) is 19.1 Å². The summed E-state index contributed by atoms with van der Waals surface area (Å²) in [7, 11) is -3.38. The summed E-state index contributed by atoms with van der Waals surface area (Å²) >= 11 is 0. The summed E-state index contributed by atoms with van der Waals surface area (Å²) < 4.78 is 31.3. The smallest absolute Gasteiger partial charge is 0.209 e. The highest BCUT2D eigenvalue weighted by Crippen LogP contribution is 2.08. The van der Waals surface area contributed by atoms with Crippen molar-refractivity contribution in [3.05, 3.63) is 0 Å². The third kappa shape index (κ3) is 4.01. The van der Waals surface area contributed by atoms with E-state index in [-0.39, 0.29) is 5.75 Å². The van der Waals surface area contributed by atoms with Crippen molar-refractivity contribution in [1.29, 1.82) is 0 Å². The molecule has 0 saturated carbocycles. The second-order valence-electron chi connectivity index (χ2n) is 2.68. The fourth-order valence-electron chi connectivity index (χ4n) is 0.964. The SMILES string of the molecule is NS(=O)(=O)CCC1OCCCO1. The van der Waals surface area contributed by atoms with Crippen LogP contribution in [0.25, 0.3) is 0 Å². The van der Waals surface area contributed by atoms with E-state index >= 15 is 0 Å². The van der Waals surface area contributed by atoms with Crippen LogP contribution in [0.4, 0.5) is 0 Å². The molecule has 0 amide bonds. The van der Waals surface area contributed by atoms with Gasteiger partial charge < -0.3 is 9.47 Å². The largest absolute Gasteiger partial charge is 0.353 e. The molecular formula is C6H13NO4S. The van der Waals surface area contributed by atoms with Crippen LogP contribution in [0.2, 0.25) is 0 Å². The Morgan fingerprint density at radius 1 is 1.33 bits per heavy atom. The van der Waals surface area contributed by atoms with Crippen LogP contribution >= 0.6 is 0 Å². The van der Waals surface area contributed by atoms with E-state index in [0.717, 1.165) is 6.42 Å². The summed E-state index contributed by atoms with van der Waals surface area (Å²) in [4.78, 5) is 0. The van der Waals surface area contributed by atoms with Crippen LogP contribution in [-0.2, 0) is 19.5 Å². The summed E-state index contributed by atoms with van der Waals surface area (Å²) in [6.07, 6.45) is 0.794. The second-order valence-corrected chi connectivity index (χ2v) is 4.41. The van der Waals surface area contributed by atoms with Gasteiger partial charge in [-0.05, 0) is 6.42 Å². The third-order valence-electron chi connectivity index (χ3n) is 1.53. The first-order chi connectivity index (χ1) is 5.58. The molecule has 12 heavy (non-hydrogen) atoms. The molecule has 1 heterocycles. The van der Waals surface area contributed by atoms with Crippen molar-refractivity contribution in [3.63, 3.8) is 0 Å². The van der Waals surface area contributed by atoms with Gasteiger partial charge in [0.15, 0.2) is 6.29 Å². The van der Waals surface area contributed by atoms with Crippen molar-refractivity contribution >= 4 is 10.0 Å². The Hall–Kier alpha value is -0.170. The van der Waals surface area contributed by atoms with Gasteiger partial charge in [-0.15, -0.1) is 0 Å². The highest BCUT2D eigenvalue weighted by molar-refractivity contribution is 7.89. The first-order valence-corrected chi connectivity index (χ1v) is 5.53. The Kier molecular flexibility index (Phi) is 3.45. The van der Waals surface area contributed by atoms with Crippen LogP contribution in [0.1, 0.15) is 12.8 Å². The molecule has 0 aromatic rings. The Bertz CT molecular complexity index is 220. The van der Waals surface area contributed by atoms with Crippen molar-refractivity contribution in [2.75, 3.05) is 19.0 Å². The Morgan fingerprint density at radius 2 is 1.92 bits per heavy atom. The minimum Gasteiger partial charge on any atom is -0.353 e. The molecule has 1 fully saturated rings. The van der Waals surface area contributed by atoms with E-state index in [2.05, 4.69) is 0 Å². The number of hydrogen-bond donors (Lipinski definition) is 1. The van der Waals surface area contributed by atoms with Crippen molar-refractivity contribution in [2.24, 2.45) is 5.14 Å². The zero-order valence-corrected chi connectivity index (χ0v) is 7.55. The van der Waals surface area contributed by atoms with Gasteiger partial charge in [0.1, 0.15) is 0 Å². The molecule has 1 aliphatic rings. The summed E-state index contributed by atoms with van der Waals surface area (Å²) in [5.74, 6) is -0.0856. The van der Waals surface area contributed by atoms with E-state index in [1.165, 1.54) is 0 Å². The van der Waals surface area contributed by atoms with Gasteiger partial charge in [-0.1, -0.05) is 0 Å². The third-order valence-corrected chi connectivity index (χ3v) is 2.34. The minimum absolute atomic E-state index is 0.0856. The molecule has 0 radical (unpaired) electrons. The van der Waals surface area contributed by atoms with Gasteiger partial charge in [-0.2, -0.15) is 0 Å². The minimum atomic E-state index is -3.38. The van der Waals surface area contributed by atoms with Gasteiger partial charge >= 0.3 is 0 Å². The fraction of sp³-hybridized carbons (Fsp3) is 1.00. The molecule has 0 unspecified atom stereocenters. The molecule has 2 N–H and O–H groups in total. The van der Waals surface area contributed by atoms with Crippen molar-refractivity contribution in [1.82, 2.24) is 0 Å². The molecule has 0 aromatic heterocycles. The Balaban J connectivity index is 2.22. The molecular weight excluding hydrogens is 182 g/mol. The van der Waals surface area contributed by atoms with Crippen LogP contribution in [0, 0.1) is 0 Å². The molecule has 6 heteroatoms. The number of ether oxygens (including phenoxy) is 2. The maximum atomic E-state index is 10.5. The topological polar surface area (TPSA) is 78.6 Å². The first-order valence-electron chi connectivity index (χ1n) is 3.81. The zero-order chi connectivity index (χ0) is 9.03. The monoisotopic (exact) mass is 195 g/mol. The molecule has 0 aliphatic carbocycles. The number of hydrogen-bond acceptors (Lipinski definition) is 4. The standard InChI is InChI=1S/C6H13NO4S/c7-12(8,9)5-2-6-10-3-1-4-11-6/h6H,1-5H2,(H2,7,8,9). The number of nitrogens with two attached hydrogens (primary N) is 1. The molecule has 1 rings (SSSR count). The predicted molar refractivity (Wildman–Crippen MR) is 42.9 cm³/mol. The summed E-state index contributed by atoms with van der Waals surface area (Å²) in [6, 6.07) is 0. The van der Waals surface area contributed by atoms with E-state index in [1.54, 1.807) is 0 Å². The van der Waals surface area contributed by atoms with Crippen molar-refractivity contribution < 1.29 is 17.9 Å². The average Bonchev–Trinajstić information content (AvgIpc) is 2.02.